The number of amides is 2. The fraction of sp³-hybridized carbons (Fsp3) is 0.889. The van der Waals surface area contributed by atoms with E-state index in [1.807, 2.05) is 0 Å². The van der Waals surface area contributed by atoms with Gasteiger partial charge in [0.25, 0.3) is 0 Å². The molecular weight excluding hydrogens is 246 g/mol. The lowest BCUT2D eigenvalue weighted by molar-refractivity contribution is 0.188. The number of urea groups is 1. The topological polar surface area (TPSA) is 96.5 Å². The van der Waals surface area contributed by atoms with Crippen molar-refractivity contribution >= 4 is 16.1 Å². The molecule has 1 saturated heterocycles. The Morgan fingerprint density at radius 1 is 1.41 bits per heavy atom. The van der Waals surface area contributed by atoms with Gasteiger partial charge in [0.15, 0.2) is 0 Å². The summed E-state index contributed by atoms with van der Waals surface area (Å²) in [4.78, 5) is 11.3. The minimum Gasteiger partial charge on any atom is -0.379 e. The molecule has 3 N–H and O–H groups in total. The summed E-state index contributed by atoms with van der Waals surface area (Å²) in [5, 5.41) is 5.43. The van der Waals surface area contributed by atoms with Crippen molar-refractivity contribution in [3.63, 3.8) is 0 Å². The lowest BCUT2D eigenvalue weighted by atomic mass is 10.3. The van der Waals surface area contributed by atoms with Crippen molar-refractivity contribution in [1.82, 2.24) is 15.4 Å². The molecule has 17 heavy (non-hydrogen) atoms. The van der Waals surface area contributed by atoms with Gasteiger partial charge in [0, 0.05) is 19.7 Å². The van der Waals surface area contributed by atoms with Gasteiger partial charge in [-0.05, 0) is 12.8 Å². The number of rotatable bonds is 6. The molecule has 8 heteroatoms. The van der Waals surface area contributed by atoms with E-state index >= 15 is 0 Å². The Hall–Kier alpha value is -0.860. The van der Waals surface area contributed by atoms with Gasteiger partial charge in [-0.15, -0.1) is 0 Å². The highest BCUT2D eigenvalue weighted by molar-refractivity contribution is 7.88. The molecule has 0 saturated carbocycles. The van der Waals surface area contributed by atoms with Crippen LogP contribution in [0.2, 0.25) is 0 Å². The third-order valence-electron chi connectivity index (χ3n) is 2.27. The summed E-state index contributed by atoms with van der Waals surface area (Å²) in [5.74, 6) is 0. The quantitative estimate of drug-likeness (QED) is 0.537. The molecule has 0 aromatic rings. The molecule has 1 rings (SSSR count). The number of carbonyl (C=O) groups excluding carboxylic acids is 1. The first kappa shape index (κ1) is 14.2. The second-order valence-electron chi connectivity index (χ2n) is 3.98. The van der Waals surface area contributed by atoms with Crippen LogP contribution in [0.15, 0.2) is 0 Å². The van der Waals surface area contributed by atoms with Crippen LogP contribution in [0.4, 0.5) is 4.79 Å². The Bertz CT molecular complexity index is 338. The van der Waals surface area contributed by atoms with Crippen molar-refractivity contribution in [3.05, 3.63) is 0 Å². The van der Waals surface area contributed by atoms with Gasteiger partial charge in [0.05, 0.1) is 18.9 Å². The SMILES string of the molecule is CS(=O)(=O)NCCCNC(=O)NC1CCOC1. The van der Waals surface area contributed by atoms with Crippen LogP contribution < -0.4 is 15.4 Å². The van der Waals surface area contributed by atoms with Crippen LogP contribution in [0.1, 0.15) is 12.8 Å². The zero-order valence-electron chi connectivity index (χ0n) is 9.86. The summed E-state index contributed by atoms with van der Waals surface area (Å²) in [6.07, 6.45) is 2.50. The van der Waals surface area contributed by atoms with Crippen molar-refractivity contribution in [2.24, 2.45) is 0 Å². The summed E-state index contributed by atoms with van der Waals surface area (Å²) in [6.45, 7) is 2.00. The van der Waals surface area contributed by atoms with Gasteiger partial charge in [-0.1, -0.05) is 0 Å². The Balaban J connectivity index is 2.00. The van der Waals surface area contributed by atoms with E-state index in [9.17, 15) is 13.2 Å². The van der Waals surface area contributed by atoms with Crippen LogP contribution in [0.3, 0.4) is 0 Å². The van der Waals surface area contributed by atoms with Gasteiger partial charge in [-0.2, -0.15) is 0 Å². The second kappa shape index (κ2) is 6.77. The van der Waals surface area contributed by atoms with Gasteiger partial charge in [0.1, 0.15) is 0 Å². The summed E-state index contributed by atoms with van der Waals surface area (Å²) < 4.78 is 28.9. The fourth-order valence-electron chi connectivity index (χ4n) is 1.43. The average molecular weight is 265 g/mol. The van der Waals surface area contributed by atoms with Crippen molar-refractivity contribution in [1.29, 1.82) is 0 Å². The van der Waals surface area contributed by atoms with Gasteiger partial charge in [-0.3, -0.25) is 0 Å². The zero-order valence-corrected chi connectivity index (χ0v) is 10.7. The maximum absolute atomic E-state index is 11.3. The molecule has 1 aliphatic heterocycles. The van der Waals surface area contributed by atoms with E-state index in [4.69, 9.17) is 4.74 Å². The minimum absolute atomic E-state index is 0.0872. The van der Waals surface area contributed by atoms with Gasteiger partial charge >= 0.3 is 6.03 Å². The Morgan fingerprint density at radius 3 is 2.76 bits per heavy atom. The third-order valence-corrected chi connectivity index (χ3v) is 3.00. The number of carbonyl (C=O) groups is 1. The van der Waals surface area contributed by atoms with Crippen molar-refractivity contribution < 1.29 is 17.9 Å². The molecule has 2 amide bonds. The summed E-state index contributed by atoms with van der Waals surface area (Å²) in [6, 6.07) is -0.149. The van der Waals surface area contributed by atoms with E-state index in [0.29, 0.717) is 32.7 Å². The molecule has 0 radical (unpaired) electrons. The van der Waals surface area contributed by atoms with Crippen LogP contribution >= 0.6 is 0 Å². The first-order chi connectivity index (χ1) is 7.97. The number of hydrogen-bond acceptors (Lipinski definition) is 4. The number of hydrogen-bond donors (Lipinski definition) is 3. The van der Waals surface area contributed by atoms with Crippen LogP contribution in [0.5, 0.6) is 0 Å². The summed E-state index contributed by atoms with van der Waals surface area (Å²) in [5.41, 5.74) is 0. The number of nitrogens with one attached hydrogen (secondary N) is 3. The van der Waals surface area contributed by atoms with Crippen molar-refractivity contribution in [3.8, 4) is 0 Å². The maximum Gasteiger partial charge on any atom is 0.315 e. The molecule has 1 heterocycles. The van der Waals surface area contributed by atoms with Gasteiger partial charge < -0.3 is 15.4 Å². The highest BCUT2D eigenvalue weighted by atomic mass is 32.2. The summed E-state index contributed by atoms with van der Waals surface area (Å²) >= 11 is 0. The molecule has 100 valence electrons. The maximum atomic E-state index is 11.3. The lowest BCUT2D eigenvalue weighted by Gasteiger charge is -2.11. The first-order valence-electron chi connectivity index (χ1n) is 5.54. The molecule has 0 spiro atoms. The van der Waals surface area contributed by atoms with Crippen LogP contribution in [0, 0.1) is 0 Å². The number of ether oxygens (including phenoxy) is 1. The fourth-order valence-corrected chi connectivity index (χ4v) is 1.95. The van der Waals surface area contributed by atoms with E-state index in [0.717, 1.165) is 12.7 Å². The van der Waals surface area contributed by atoms with Crippen LogP contribution in [-0.2, 0) is 14.8 Å². The highest BCUT2D eigenvalue weighted by Gasteiger charge is 2.17. The molecule has 1 unspecified atom stereocenters. The molecule has 0 aromatic heterocycles. The molecule has 0 bridgehead atoms. The molecule has 1 aliphatic rings. The Kier molecular flexibility index (Phi) is 5.66. The van der Waals surface area contributed by atoms with E-state index in [1.165, 1.54) is 0 Å². The van der Waals surface area contributed by atoms with Gasteiger partial charge in [-0.25, -0.2) is 17.9 Å². The second-order valence-corrected chi connectivity index (χ2v) is 5.81. The van der Waals surface area contributed by atoms with Crippen LogP contribution in [0.25, 0.3) is 0 Å². The molecule has 1 fully saturated rings. The lowest BCUT2D eigenvalue weighted by Crippen LogP contribution is -2.43. The van der Waals surface area contributed by atoms with E-state index in [2.05, 4.69) is 15.4 Å². The predicted octanol–water partition coefficient (Wildman–Crippen LogP) is -0.986. The summed E-state index contributed by atoms with van der Waals surface area (Å²) in [7, 11) is -3.14. The monoisotopic (exact) mass is 265 g/mol. The normalized spacial score (nSPS) is 20.2. The zero-order chi connectivity index (χ0) is 12.7. The molecule has 0 aromatic carbocycles. The predicted molar refractivity (Wildman–Crippen MR) is 63.2 cm³/mol. The largest absolute Gasteiger partial charge is 0.379 e. The Labute approximate surface area is 101 Å². The molecule has 0 aliphatic carbocycles. The van der Waals surface area contributed by atoms with E-state index < -0.39 is 10.0 Å². The highest BCUT2D eigenvalue weighted by Crippen LogP contribution is 2.02. The van der Waals surface area contributed by atoms with E-state index in [1.54, 1.807) is 0 Å². The molecule has 7 nitrogen and oxygen atoms in total. The first-order valence-corrected chi connectivity index (χ1v) is 7.43. The minimum atomic E-state index is -3.14. The standard InChI is InChI=1S/C9H19N3O4S/c1-17(14,15)11-5-2-4-10-9(13)12-8-3-6-16-7-8/h8,11H,2-7H2,1H3,(H2,10,12,13). The van der Waals surface area contributed by atoms with Gasteiger partial charge in [0.2, 0.25) is 10.0 Å². The van der Waals surface area contributed by atoms with E-state index in [-0.39, 0.29) is 12.1 Å². The molecular formula is C9H19N3O4S. The van der Waals surface area contributed by atoms with Crippen LogP contribution in [-0.4, -0.2) is 53.0 Å². The Morgan fingerprint density at radius 2 is 2.18 bits per heavy atom. The third kappa shape index (κ3) is 7.14. The van der Waals surface area contributed by atoms with Crippen molar-refractivity contribution in [2.45, 2.75) is 18.9 Å². The smallest absolute Gasteiger partial charge is 0.315 e. The average Bonchev–Trinajstić information content (AvgIpc) is 2.68. The molecule has 1 atom stereocenters. The number of sulfonamides is 1. The van der Waals surface area contributed by atoms with Crippen molar-refractivity contribution in [2.75, 3.05) is 32.6 Å².